The van der Waals surface area contributed by atoms with E-state index in [2.05, 4.69) is 37.0 Å². The summed E-state index contributed by atoms with van der Waals surface area (Å²) in [5, 5.41) is 4.20. The molecule has 0 aliphatic rings. The van der Waals surface area contributed by atoms with E-state index in [0.29, 0.717) is 4.99 Å². The summed E-state index contributed by atoms with van der Waals surface area (Å²) in [6.07, 6.45) is 3.56. The monoisotopic (exact) mass is 359 g/mol. The molecule has 0 bridgehead atoms. The zero-order chi connectivity index (χ0) is 11.7. The fourth-order valence-electron chi connectivity index (χ4n) is 1.38. The highest BCUT2D eigenvalue weighted by Crippen LogP contribution is 2.24. The first-order chi connectivity index (χ1) is 7.59. The van der Waals surface area contributed by atoms with Crippen LogP contribution in [0.15, 0.2) is 39.5 Å². The van der Waals surface area contributed by atoms with Crippen LogP contribution in [0.2, 0.25) is 0 Å². The molecule has 82 valence electrons. The smallest absolute Gasteiger partial charge is 0.107 e. The lowest BCUT2D eigenvalue weighted by Gasteiger charge is -2.09. The van der Waals surface area contributed by atoms with E-state index in [1.165, 1.54) is 0 Å². The molecule has 0 saturated carbocycles. The second-order valence-corrected chi connectivity index (χ2v) is 5.31. The summed E-state index contributed by atoms with van der Waals surface area (Å²) >= 11 is 11.8. The van der Waals surface area contributed by atoms with Crippen LogP contribution < -0.4 is 5.73 Å². The van der Waals surface area contributed by atoms with Gasteiger partial charge in [0.25, 0.3) is 0 Å². The van der Waals surface area contributed by atoms with Gasteiger partial charge in [0.05, 0.1) is 16.4 Å². The van der Waals surface area contributed by atoms with Crippen LogP contribution in [-0.4, -0.2) is 14.8 Å². The molecular formula is C10H7Br2N3S. The normalized spacial score (nSPS) is 10.4. The van der Waals surface area contributed by atoms with E-state index in [-0.39, 0.29) is 0 Å². The summed E-state index contributed by atoms with van der Waals surface area (Å²) < 4.78 is 3.49. The number of hydrogen-bond acceptors (Lipinski definition) is 2. The molecule has 2 N–H and O–H groups in total. The van der Waals surface area contributed by atoms with Gasteiger partial charge in [-0.1, -0.05) is 18.3 Å². The molecule has 0 radical (unpaired) electrons. The van der Waals surface area contributed by atoms with Crippen molar-refractivity contribution in [3.63, 3.8) is 0 Å². The Hall–Kier alpha value is -0.720. The molecule has 1 aromatic carbocycles. The zero-order valence-electron chi connectivity index (χ0n) is 8.02. The number of halogens is 2. The molecular weight excluding hydrogens is 354 g/mol. The van der Waals surface area contributed by atoms with Crippen molar-refractivity contribution in [3.05, 3.63) is 45.1 Å². The Morgan fingerprint density at radius 1 is 1.38 bits per heavy atom. The Labute approximate surface area is 115 Å². The molecule has 16 heavy (non-hydrogen) atoms. The predicted octanol–water partition coefficient (Wildman–Crippen LogP) is 3.03. The first-order valence-electron chi connectivity index (χ1n) is 4.38. The van der Waals surface area contributed by atoms with Gasteiger partial charge in [-0.15, -0.1) is 0 Å². The molecule has 2 aromatic rings. The minimum Gasteiger partial charge on any atom is -0.389 e. The fourth-order valence-corrected chi connectivity index (χ4v) is 2.58. The van der Waals surface area contributed by atoms with Crippen molar-refractivity contribution in [2.45, 2.75) is 0 Å². The highest BCUT2D eigenvalue weighted by Gasteiger charge is 2.11. The fraction of sp³-hybridized carbons (Fsp3) is 0. The molecule has 0 unspecified atom stereocenters. The second kappa shape index (κ2) is 4.65. The highest BCUT2D eigenvalue weighted by atomic mass is 79.9. The number of thiocarbonyl (C=S) groups is 1. The van der Waals surface area contributed by atoms with Crippen LogP contribution in [0.25, 0.3) is 5.69 Å². The van der Waals surface area contributed by atoms with Gasteiger partial charge in [0.2, 0.25) is 0 Å². The Bertz CT molecular complexity index is 551. The lowest BCUT2D eigenvalue weighted by Crippen LogP contribution is -2.14. The van der Waals surface area contributed by atoms with Gasteiger partial charge in [-0.2, -0.15) is 5.10 Å². The Morgan fingerprint density at radius 2 is 2.12 bits per heavy atom. The quantitative estimate of drug-likeness (QED) is 0.837. The molecule has 0 amide bonds. The molecule has 0 spiro atoms. The van der Waals surface area contributed by atoms with Gasteiger partial charge in [-0.05, 0) is 44.0 Å². The van der Waals surface area contributed by atoms with Crippen LogP contribution in [0, 0.1) is 0 Å². The largest absolute Gasteiger partial charge is 0.389 e. The molecule has 0 aliphatic heterocycles. The first kappa shape index (κ1) is 11.8. The Balaban J connectivity index is 2.65. The summed E-state index contributed by atoms with van der Waals surface area (Å²) in [5.41, 5.74) is 7.35. The number of nitrogens with zero attached hydrogens (tertiary/aromatic N) is 2. The minimum absolute atomic E-state index is 0.342. The summed E-state index contributed by atoms with van der Waals surface area (Å²) in [4.78, 5) is 0.342. The lowest BCUT2D eigenvalue weighted by atomic mass is 10.2. The van der Waals surface area contributed by atoms with Gasteiger partial charge in [0.15, 0.2) is 0 Å². The van der Waals surface area contributed by atoms with Crippen molar-refractivity contribution in [1.29, 1.82) is 0 Å². The average Bonchev–Trinajstić information content (AvgIpc) is 2.63. The molecule has 2 rings (SSSR count). The van der Waals surface area contributed by atoms with Gasteiger partial charge >= 0.3 is 0 Å². The maximum absolute atomic E-state index is 5.71. The van der Waals surface area contributed by atoms with Gasteiger partial charge < -0.3 is 5.73 Å². The van der Waals surface area contributed by atoms with E-state index in [9.17, 15) is 0 Å². The summed E-state index contributed by atoms with van der Waals surface area (Å²) in [6.45, 7) is 0. The van der Waals surface area contributed by atoms with Crippen molar-refractivity contribution in [2.24, 2.45) is 5.73 Å². The van der Waals surface area contributed by atoms with Crippen LogP contribution >= 0.6 is 44.1 Å². The molecule has 1 aromatic heterocycles. The van der Waals surface area contributed by atoms with Crippen LogP contribution in [0.4, 0.5) is 0 Å². The third-order valence-electron chi connectivity index (χ3n) is 2.04. The number of hydrogen-bond donors (Lipinski definition) is 1. The predicted molar refractivity (Wildman–Crippen MR) is 74.9 cm³/mol. The van der Waals surface area contributed by atoms with Crippen molar-refractivity contribution in [1.82, 2.24) is 9.78 Å². The number of rotatable bonds is 2. The minimum atomic E-state index is 0.342. The van der Waals surface area contributed by atoms with Crippen LogP contribution in [-0.2, 0) is 0 Å². The average molecular weight is 361 g/mol. The van der Waals surface area contributed by atoms with Gasteiger partial charge in [-0.3, -0.25) is 0 Å². The maximum Gasteiger partial charge on any atom is 0.107 e. The van der Waals surface area contributed by atoms with Crippen molar-refractivity contribution in [3.8, 4) is 5.69 Å². The van der Waals surface area contributed by atoms with E-state index in [1.807, 2.05) is 24.4 Å². The Kier molecular flexibility index (Phi) is 3.41. The van der Waals surface area contributed by atoms with Crippen LogP contribution in [0.5, 0.6) is 0 Å². The van der Waals surface area contributed by atoms with E-state index in [1.54, 1.807) is 10.9 Å². The highest BCUT2D eigenvalue weighted by molar-refractivity contribution is 9.10. The number of benzene rings is 1. The van der Waals surface area contributed by atoms with E-state index >= 15 is 0 Å². The standard InChI is InChI=1S/C10H7Br2N3S/c11-6-4-14-15(5-6)8-3-1-2-7(12)9(8)10(13)16/h1-5H,(H2,13,16). The molecule has 0 saturated heterocycles. The van der Waals surface area contributed by atoms with Crippen LogP contribution in [0.1, 0.15) is 5.56 Å². The van der Waals surface area contributed by atoms with Crippen molar-refractivity contribution >= 4 is 49.1 Å². The Morgan fingerprint density at radius 3 is 2.69 bits per heavy atom. The van der Waals surface area contributed by atoms with Gasteiger partial charge in [0, 0.05) is 16.2 Å². The van der Waals surface area contributed by atoms with Crippen molar-refractivity contribution in [2.75, 3.05) is 0 Å². The molecule has 6 heteroatoms. The molecule has 0 atom stereocenters. The maximum atomic E-state index is 5.71. The third kappa shape index (κ3) is 2.18. The van der Waals surface area contributed by atoms with E-state index < -0.39 is 0 Å². The van der Waals surface area contributed by atoms with Gasteiger partial charge in [0.1, 0.15) is 4.99 Å². The molecule has 0 fully saturated rings. The molecule has 1 heterocycles. The summed E-state index contributed by atoms with van der Waals surface area (Å²) in [5.74, 6) is 0. The third-order valence-corrected chi connectivity index (χ3v) is 3.31. The topological polar surface area (TPSA) is 43.8 Å². The second-order valence-electron chi connectivity index (χ2n) is 3.10. The van der Waals surface area contributed by atoms with E-state index in [0.717, 1.165) is 20.2 Å². The van der Waals surface area contributed by atoms with Crippen molar-refractivity contribution < 1.29 is 0 Å². The zero-order valence-corrected chi connectivity index (χ0v) is 12.0. The molecule has 3 nitrogen and oxygen atoms in total. The van der Waals surface area contributed by atoms with Gasteiger partial charge in [-0.25, -0.2) is 4.68 Å². The van der Waals surface area contributed by atoms with E-state index in [4.69, 9.17) is 18.0 Å². The lowest BCUT2D eigenvalue weighted by molar-refractivity contribution is 0.877. The van der Waals surface area contributed by atoms with Crippen LogP contribution in [0.3, 0.4) is 0 Å². The SMILES string of the molecule is NC(=S)c1c(Br)cccc1-n1cc(Br)cn1. The first-order valence-corrected chi connectivity index (χ1v) is 6.38. The summed E-state index contributed by atoms with van der Waals surface area (Å²) in [7, 11) is 0. The summed E-state index contributed by atoms with van der Waals surface area (Å²) in [6, 6.07) is 5.73. The number of nitrogens with two attached hydrogens (primary N) is 1. The molecule has 0 aliphatic carbocycles. The number of aromatic nitrogens is 2.